The first-order valence-corrected chi connectivity index (χ1v) is 12.0. The van der Waals surface area contributed by atoms with E-state index >= 15 is 0 Å². The maximum Gasteiger partial charge on any atom is 0.258 e. The number of phenolic OH excluding ortho intramolecular Hbond substituents is 1. The molecule has 0 fully saturated rings. The molecule has 0 saturated heterocycles. The number of phenols is 1. The Labute approximate surface area is 203 Å². The van der Waals surface area contributed by atoms with Crippen LogP contribution in [-0.2, 0) is 12.8 Å². The lowest BCUT2D eigenvalue weighted by Crippen LogP contribution is -2.38. The van der Waals surface area contributed by atoms with Crippen LogP contribution in [0.2, 0.25) is 0 Å². The lowest BCUT2D eigenvalue weighted by Gasteiger charge is -2.22. The van der Waals surface area contributed by atoms with Crippen LogP contribution in [0.25, 0.3) is 21.9 Å². The van der Waals surface area contributed by atoms with Gasteiger partial charge in [0.25, 0.3) is 11.8 Å². The maximum absolute atomic E-state index is 13.0. The first-order chi connectivity index (χ1) is 17.1. The molecule has 6 rings (SSSR count). The molecule has 9 nitrogen and oxygen atoms in total. The van der Waals surface area contributed by atoms with Gasteiger partial charge in [0, 0.05) is 28.9 Å². The fraction of sp³-hybridized carbons (Fsp3) is 0.160. The number of carbonyl (C=O) groups excluding carboxylic acids is 2. The van der Waals surface area contributed by atoms with Gasteiger partial charge in [-0.05, 0) is 37.1 Å². The molecule has 0 bridgehead atoms. The quantitative estimate of drug-likeness (QED) is 0.307. The number of aryl methyl sites for hydroxylation is 1. The van der Waals surface area contributed by atoms with Crippen LogP contribution in [0.1, 0.15) is 37.7 Å². The lowest BCUT2D eigenvalue weighted by molar-refractivity contribution is 0.0934. The van der Waals surface area contributed by atoms with Crippen LogP contribution in [0.15, 0.2) is 55.0 Å². The van der Waals surface area contributed by atoms with Crippen molar-refractivity contribution in [2.24, 2.45) is 0 Å². The van der Waals surface area contributed by atoms with Gasteiger partial charge < -0.3 is 15.4 Å². The third-order valence-corrected chi connectivity index (χ3v) is 7.22. The number of rotatable bonds is 4. The first-order valence-electron chi connectivity index (χ1n) is 11.2. The highest BCUT2D eigenvalue weighted by Crippen LogP contribution is 2.31. The third-order valence-electron chi connectivity index (χ3n) is 6.18. The second-order valence-corrected chi connectivity index (χ2v) is 9.48. The molecule has 0 spiro atoms. The Kier molecular flexibility index (Phi) is 5.14. The zero-order valence-corrected chi connectivity index (χ0v) is 19.2. The molecule has 10 heteroatoms. The van der Waals surface area contributed by atoms with Crippen LogP contribution >= 0.6 is 11.3 Å². The van der Waals surface area contributed by atoms with Gasteiger partial charge in [-0.15, -0.1) is 11.3 Å². The van der Waals surface area contributed by atoms with E-state index in [0.29, 0.717) is 45.5 Å². The average molecular weight is 485 g/mol. The lowest BCUT2D eigenvalue weighted by atomic mass is 9.97. The zero-order valence-electron chi connectivity index (χ0n) is 18.4. The number of pyridine rings is 1. The number of nitrogens with zero attached hydrogens (tertiary/aromatic N) is 3. The number of para-hydroxylation sites is 2. The summed E-state index contributed by atoms with van der Waals surface area (Å²) in [5.74, 6) is -0.438. The number of carbonyl (C=O) groups is 2. The van der Waals surface area contributed by atoms with Gasteiger partial charge in [-0.1, -0.05) is 18.2 Å². The van der Waals surface area contributed by atoms with Gasteiger partial charge in [-0.3, -0.25) is 19.9 Å². The molecular formula is C25H20N6O3S. The van der Waals surface area contributed by atoms with Crippen molar-refractivity contribution in [3.05, 3.63) is 76.7 Å². The first kappa shape index (κ1) is 21.2. The van der Waals surface area contributed by atoms with Gasteiger partial charge in [-0.2, -0.15) is 0 Å². The summed E-state index contributed by atoms with van der Waals surface area (Å²) in [6.07, 6.45) is 5.21. The van der Waals surface area contributed by atoms with Crippen molar-refractivity contribution in [1.29, 1.82) is 0 Å². The summed E-state index contributed by atoms with van der Waals surface area (Å²) in [6.45, 7) is 0. The van der Waals surface area contributed by atoms with E-state index < -0.39 is 0 Å². The van der Waals surface area contributed by atoms with Crippen molar-refractivity contribution >= 4 is 50.2 Å². The predicted molar refractivity (Wildman–Crippen MR) is 133 cm³/mol. The molecule has 4 N–H and O–H groups in total. The molecule has 5 aromatic rings. The molecule has 35 heavy (non-hydrogen) atoms. The Morgan fingerprint density at radius 1 is 1.03 bits per heavy atom. The van der Waals surface area contributed by atoms with Gasteiger partial charge in [0.15, 0.2) is 5.13 Å². The summed E-state index contributed by atoms with van der Waals surface area (Å²) in [5, 5.41) is 17.1. The molecule has 2 aromatic carbocycles. The zero-order chi connectivity index (χ0) is 23.9. The van der Waals surface area contributed by atoms with Crippen LogP contribution in [0, 0.1) is 0 Å². The fourth-order valence-corrected chi connectivity index (χ4v) is 5.57. The number of amides is 2. The number of aromatic hydroxyl groups is 1. The third kappa shape index (κ3) is 3.87. The van der Waals surface area contributed by atoms with E-state index in [2.05, 4.69) is 30.6 Å². The molecule has 2 amide bonds. The number of hydrogen-bond acceptors (Lipinski definition) is 7. The number of aromatic nitrogens is 4. The Morgan fingerprint density at radius 2 is 1.91 bits per heavy atom. The minimum atomic E-state index is -0.314. The minimum Gasteiger partial charge on any atom is -0.506 e. The van der Waals surface area contributed by atoms with Crippen molar-refractivity contribution in [3.63, 3.8) is 0 Å². The monoisotopic (exact) mass is 484 g/mol. The van der Waals surface area contributed by atoms with E-state index in [4.69, 9.17) is 0 Å². The molecule has 1 atom stereocenters. The van der Waals surface area contributed by atoms with Crippen molar-refractivity contribution < 1.29 is 14.7 Å². The molecule has 174 valence electrons. The van der Waals surface area contributed by atoms with Crippen LogP contribution in [0.5, 0.6) is 5.75 Å². The number of aromatic amines is 1. The summed E-state index contributed by atoms with van der Waals surface area (Å²) < 4.78 is 0. The molecule has 3 aromatic heterocycles. The van der Waals surface area contributed by atoms with Crippen molar-refractivity contribution in [3.8, 4) is 5.75 Å². The van der Waals surface area contributed by atoms with Crippen LogP contribution in [0.4, 0.5) is 5.13 Å². The van der Waals surface area contributed by atoms with Gasteiger partial charge in [0.05, 0.1) is 28.7 Å². The molecule has 0 saturated carbocycles. The number of hydrogen-bond donors (Lipinski definition) is 4. The standard InChI is InChI=1S/C25H20N6O3S/c32-19-6-2-3-14-15(9-10-26-22(14)19)23(33)31-25-30-17-8-7-13(11-20(17)35-25)29-24(34)16-4-1-5-18-21(16)28-12-27-18/h1-6,9-10,12-13,32H,7-8,11H2,(H,27,28)(H,29,34)(H,30,31,33)/t13-/m1/s1. The second kappa shape index (κ2) is 8.48. The SMILES string of the molecule is O=C(Nc1nc2c(s1)C[C@H](NC(=O)c1cccc3[nH]cnc13)CC2)c1ccnc2c(O)cccc12. The maximum atomic E-state index is 13.0. The predicted octanol–water partition coefficient (Wildman–Crippen LogP) is 3.81. The van der Waals surface area contributed by atoms with Crippen LogP contribution < -0.4 is 10.6 Å². The number of fused-ring (bicyclic) bond motifs is 3. The fourth-order valence-electron chi connectivity index (χ4n) is 4.49. The topological polar surface area (TPSA) is 133 Å². The van der Waals surface area contributed by atoms with Crippen LogP contribution in [-0.4, -0.2) is 42.9 Å². The molecule has 3 heterocycles. The van der Waals surface area contributed by atoms with Crippen LogP contribution in [0.3, 0.4) is 0 Å². The molecule has 1 aliphatic carbocycles. The van der Waals surface area contributed by atoms with Crippen molar-refractivity contribution in [2.75, 3.05) is 5.32 Å². The largest absolute Gasteiger partial charge is 0.506 e. The molecule has 1 aliphatic rings. The molecule has 0 unspecified atom stereocenters. The van der Waals surface area contributed by atoms with Gasteiger partial charge in [-0.25, -0.2) is 9.97 Å². The van der Waals surface area contributed by atoms with E-state index in [1.165, 1.54) is 23.6 Å². The summed E-state index contributed by atoms with van der Waals surface area (Å²) in [4.78, 5) is 43.0. The Bertz CT molecular complexity index is 1610. The molecule has 0 radical (unpaired) electrons. The van der Waals surface area contributed by atoms with Gasteiger partial charge in [0.1, 0.15) is 16.8 Å². The summed E-state index contributed by atoms with van der Waals surface area (Å²) >= 11 is 1.42. The van der Waals surface area contributed by atoms with E-state index in [-0.39, 0.29) is 23.6 Å². The summed E-state index contributed by atoms with van der Waals surface area (Å²) in [6, 6.07) is 12.1. The molecular weight excluding hydrogens is 464 g/mol. The second-order valence-electron chi connectivity index (χ2n) is 8.39. The number of H-pyrrole nitrogens is 1. The highest BCUT2D eigenvalue weighted by atomic mass is 32.1. The van der Waals surface area contributed by atoms with Gasteiger partial charge >= 0.3 is 0 Å². The number of anilines is 1. The smallest absolute Gasteiger partial charge is 0.258 e. The Morgan fingerprint density at radius 3 is 2.83 bits per heavy atom. The average Bonchev–Trinajstić information content (AvgIpc) is 3.50. The number of thiazole rings is 1. The van der Waals surface area contributed by atoms with E-state index in [9.17, 15) is 14.7 Å². The highest BCUT2D eigenvalue weighted by molar-refractivity contribution is 7.15. The normalized spacial score (nSPS) is 15.1. The number of nitrogens with one attached hydrogen (secondary N) is 3. The minimum absolute atomic E-state index is 0.0264. The van der Waals surface area contributed by atoms with E-state index in [0.717, 1.165) is 22.5 Å². The summed E-state index contributed by atoms with van der Waals surface area (Å²) in [5.41, 5.74) is 3.76. The molecule has 0 aliphatic heterocycles. The Hall–Kier alpha value is -4.31. The van der Waals surface area contributed by atoms with Crippen molar-refractivity contribution in [2.45, 2.75) is 25.3 Å². The Balaban J connectivity index is 1.17. The number of imidazole rings is 1. The van der Waals surface area contributed by atoms with E-state index in [1.54, 1.807) is 30.6 Å². The summed E-state index contributed by atoms with van der Waals surface area (Å²) in [7, 11) is 0. The van der Waals surface area contributed by atoms with Crippen molar-refractivity contribution in [1.82, 2.24) is 25.3 Å². The number of benzene rings is 2. The van der Waals surface area contributed by atoms with Gasteiger partial charge in [0.2, 0.25) is 0 Å². The van der Waals surface area contributed by atoms with E-state index in [1.807, 2.05) is 12.1 Å². The highest BCUT2D eigenvalue weighted by Gasteiger charge is 2.26.